The van der Waals surface area contributed by atoms with Crippen molar-refractivity contribution in [1.82, 2.24) is 9.80 Å². The molecule has 0 unspecified atom stereocenters. The smallest absolute Gasteiger partial charge is 0.411 e. The SMILES string of the molecule is O=C(Nc1ccccc1Oc1ccccc1Cl)N1CCN(CCCOCC(F)(F)F)CC1. The van der Waals surface area contributed by atoms with Crippen LogP contribution in [-0.4, -0.2) is 67.9 Å². The lowest BCUT2D eigenvalue weighted by molar-refractivity contribution is -0.174. The highest BCUT2D eigenvalue weighted by molar-refractivity contribution is 6.32. The van der Waals surface area contributed by atoms with Crippen LogP contribution in [0.5, 0.6) is 11.5 Å². The summed E-state index contributed by atoms with van der Waals surface area (Å²) in [5.41, 5.74) is 0.529. The number of hydrogen-bond acceptors (Lipinski definition) is 4. The number of nitrogens with zero attached hydrogens (tertiary/aromatic N) is 2. The van der Waals surface area contributed by atoms with Crippen molar-refractivity contribution in [2.45, 2.75) is 12.6 Å². The molecule has 0 spiro atoms. The zero-order chi connectivity index (χ0) is 23.0. The number of anilines is 1. The predicted molar refractivity (Wildman–Crippen MR) is 116 cm³/mol. The molecular weight excluding hydrogens is 447 g/mol. The van der Waals surface area contributed by atoms with E-state index in [4.69, 9.17) is 16.3 Å². The molecule has 174 valence electrons. The summed E-state index contributed by atoms with van der Waals surface area (Å²) >= 11 is 6.16. The van der Waals surface area contributed by atoms with Crippen LogP contribution in [0.2, 0.25) is 5.02 Å². The molecule has 0 bridgehead atoms. The molecule has 6 nitrogen and oxygen atoms in total. The second-order valence-corrected chi connectivity index (χ2v) is 7.72. The third-order valence-electron chi connectivity index (χ3n) is 4.87. The highest BCUT2D eigenvalue weighted by atomic mass is 35.5. The van der Waals surface area contributed by atoms with Crippen molar-refractivity contribution in [2.75, 3.05) is 51.3 Å². The number of ether oxygens (including phenoxy) is 2. The molecule has 0 radical (unpaired) electrons. The fourth-order valence-electron chi connectivity index (χ4n) is 3.25. The van der Waals surface area contributed by atoms with Crippen LogP contribution in [0.15, 0.2) is 48.5 Å². The molecule has 1 aliphatic rings. The summed E-state index contributed by atoms with van der Waals surface area (Å²) in [5.74, 6) is 0.968. The standard InChI is InChI=1S/C22H25ClF3N3O3/c23-17-6-1-3-8-19(17)32-20-9-4-2-7-18(20)27-21(30)29-13-11-28(12-14-29)10-5-15-31-16-22(24,25)26/h1-4,6-9H,5,10-16H2,(H,27,30). The Morgan fingerprint density at radius 2 is 1.66 bits per heavy atom. The number of benzene rings is 2. The molecule has 2 aromatic carbocycles. The quantitative estimate of drug-likeness (QED) is 0.534. The van der Waals surface area contributed by atoms with Crippen LogP contribution in [0.1, 0.15) is 6.42 Å². The lowest BCUT2D eigenvalue weighted by atomic mass is 10.2. The second kappa shape index (κ2) is 11.4. The first kappa shape index (κ1) is 24.2. The van der Waals surface area contributed by atoms with Crippen LogP contribution in [0.25, 0.3) is 0 Å². The van der Waals surface area contributed by atoms with Gasteiger partial charge in [-0.25, -0.2) is 4.79 Å². The third kappa shape index (κ3) is 7.58. The fourth-order valence-corrected chi connectivity index (χ4v) is 3.43. The Kier molecular flexibility index (Phi) is 8.60. The number of para-hydroxylation sites is 3. The van der Waals surface area contributed by atoms with Crippen LogP contribution in [0.3, 0.4) is 0 Å². The Labute approximate surface area is 189 Å². The first-order chi connectivity index (χ1) is 15.3. The van der Waals surface area contributed by atoms with Crippen molar-refractivity contribution >= 4 is 23.3 Å². The molecule has 1 fully saturated rings. The van der Waals surface area contributed by atoms with Gasteiger partial charge in [0, 0.05) is 39.3 Å². The number of piperazine rings is 1. The first-order valence-corrected chi connectivity index (χ1v) is 10.6. The fraction of sp³-hybridized carbons (Fsp3) is 0.409. The Morgan fingerprint density at radius 1 is 1.00 bits per heavy atom. The van der Waals surface area contributed by atoms with Crippen molar-refractivity contribution < 1.29 is 27.4 Å². The molecular formula is C22H25ClF3N3O3. The van der Waals surface area contributed by atoms with Gasteiger partial charge in [-0.15, -0.1) is 0 Å². The summed E-state index contributed by atoms with van der Waals surface area (Å²) in [6.45, 7) is 1.79. The minimum atomic E-state index is -4.30. The molecule has 3 rings (SSSR count). The summed E-state index contributed by atoms with van der Waals surface area (Å²) in [7, 11) is 0. The van der Waals surface area contributed by atoms with E-state index in [-0.39, 0.29) is 12.6 Å². The normalized spacial score (nSPS) is 14.9. The van der Waals surface area contributed by atoms with Crippen LogP contribution in [-0.2, 0) is 4.74 Å². The number of carbonyl (C=O) groups excluding carboxylic acids is 1. The number of carbonyl (C=O) groups is 1. The molecule has 0 aliphatic carbocycles. The maximum Gasteiger partial charge on any atom is 0.411 e. The average molecular weight is 472 g/mol. The molecule has 1 N–H and O–H groups in total. The van der Waals surface area contributed by atoms with Crippen molar-refractivity contribution in [3.8, 4) is 11.5 Å². The number of amides is 2. The molecule has 0 saturated carbocycles. The van der Waals surface area contributed by atoms with Gasteiger partial charge in [0.15, 0.2) is 5.75 Å². The van der Waals surface area contributed by atoms with Gasteiger partial charge in [-0.2, -0.15) is 13.2 Å². The number of rotatable bonds is 8. The Morgan fingerprint density at radius 3 is 2.34 bits per heavy atom. The van der Waals surface area contributed by atoms with E-state index in [1.807, 2.05) is 6.07 Å². The molecule has 2 aromatic rings. The lowest BCUT2D eigenvalue weighted by Crippen LogP contribution is -2.50. The van der Waals surface area contributed by atoms with E-state index in [0.29, 0.717) is 61.4 Å². The van der Waals surface area contributed by atoms with Crippen LogP contribution >= 0.6 is 11.6 Å². The summed E-state index contributed by atoms with van der Waals surface area (Å²) in [6, 6.07) is 13.9. The number of halogens is 4. The number of alkyl halides is 3. The zero-order valence-corrected chi connectivity index (χ0v) is 18.2. The average Bonchev–Trinajstić information content (AvgIpc) is 2.76. The van der Waals surface area contributed by atoms with Crippen LogP contribution < -0.4 is 10.1 Å². The molecule has 1 saturated heterocycles. The Bertz CT molecular complexity index is 890. The van der Waals surface area contributed by atoms with Gasteiger partial charge in [0.2, 0.25) is 0 Å². The molecule has 32 heavy (non-hydrogen) atoms. The van der Waals surface area contributed by atoms with Gasteiger partial charge < -0.3 is 19.7 Å². The van der Waals surface area contributed by atoms with Crippen molar-refractivity contribution in [2.24, 2.45) is 0 Å². The molecule has 0 atom stereocenters. The summed E-state index contributed by atoms with van der Waals surface area (Å²) < 4.78 is 46.7. The molecule has 1 aliphatic heterocycles. The summed E-state index contributed by atoms with van der Waals surface area (Å²) in [5, 5.41) is 3.35. The van der Waals surface area contributed by atoms with E-state index in [1.54, 1.807) is 47.4 Å². The Hall–Kier alpha value is -2.49. The molecule has 1 heterocycles. The van der Waals surface area contributed by atoms with Crippen molar-refractivity contribution in [1.29, 1.82) is 0 Å². The lowest BCUT2D eigenvalue weighted by Gasteiger charge is -2.34. The second-order valence-electron chi connectivity index (χ2n) is 7.31. The van der Waals surface area contributed by atoms with Gasteiger partial charge in [-0.3, -0.25) is 4.90 Å². The summed E-state index contributed by atoms with van der Waals surface area (Å²) in [6.07, 6.45) is -3.79. The molecule has 0 aromatic heterocycles. The van der Waals surface area contributed by atoms with Gasteiger partial charge in [0.1, 0.15) is 12.4 Å². The van der Waals surface area contributed by atoms with Gasteiger partial charge in [-0.1, -0.05) is 35.9 Å². The highest BCUT2D eigenvalue weighted by Gasteiger charge is 2.27. The van der Waals surface area contributed by atoms with Gasteiger partial charge in [-0.05, 0) is 30.7 Å². The minimum Gasteiger partial charge on any atom is -0.454 e. The first-order valence-electron chi connectivity index (χ1n) is 10.3. The van der Waals surface area contributed by atoms with Crippen LogP contribution in [0.4, 0.5) is 23.7 Å². The third-order valence-corrected chi connectivity index (χ3v) is 5.19. The number of urea groups is 1. The maximum atomic E-state index is 12.7. The minimum absolute atomic E-state index is 0.0580. The van der Waals surface area contributed by atoms with E-state index >= 15 is 0 Å². The molecule has 10 heteroatoms. The van der Waals surface area contributed by atoms with E-state index in [1.165, 1.54) is 0 Å². The van der Waals surface area contributed by atoms with E-state index in [0.717, 1.165) is 0 Å². The van der Waals surface area contributed by atoms with E-state index in [9.17, 15) is 18.0 Å². The molecule has 2 amide bonds. The maximum absolute atomic E-state index is 12.7. The predicted octanol–water partition coefficient (Wildman–Crippen LogP) is 5.25. The topological polar surface area (TPSA) is 54.0 Å². The van der Waals surface area contributed by atoms with E-state index in [2.05, 4.69) is 15.0 Å². The van der Waals surface area contributed by atoms with Crippen molar-refractivity contribution in [3.63, 3.8) is 0 Å². The number of hydrogen-bond donors (Lipinski definition) is 1. The van der Waals surface area contributed by atoms with Gasteiger partial charge in [0.25, 0.3) is 0 Å². The number of nitrogens with one attached hydrogen (secondary N) is 1. The monoisotopic (exact) mass is 471 g/mol. The zero-order valence-electron chi connectivity index (χ0n) is 17.4. The largest absolute Gasteiger partial charge is 0.454 e. The summed E-state index contributed by atoms with van der Waals surface area (Å²) in [4.78, 5) is 16.5. The van der Waals surface area contributed by atoms with Crippen LogP contribution in [0, 0.1) is 0 Å². The Balaban J connectivity index is 1.45. The van der Waals surface area contributed by atoms with Gasteiger partial charge >= 0.3 is 12.2 Å². The van der Waals surface area contributed by atoms with Gasteiger partial charge in [0.05, 0.1) is 10.7 Å². The highest BCUT2D eigenvalue weighted by Crippen LogP contribution is 2.33. The van der Waals surface area contributed by atoms with E-state index < -0.39 is 12.8 Å². The van der Waals surface area contributed by atoms with Crippen molar-refractivity contribution in [3.05, 3.63) is 53.6 Å².